The second-order valence-corrected chi connectivity index (χ2v) is 6.34. The van der Waals surface area contributed by atoms with Crippen molar-refractivity contribution >= 4 is 11.3 Å². The van der Waals surface area contributed by atoms with Crippen LogP contribution in [0, 0.1) is 5.92 Å². The molecule has 1 saturated carbocycles. The summed E-state index contributed by atoms with van der Waals surface area (Å²) in [6, 6.07) is 3.12. The van der Waals surface area contributed by atoms with Gasteiger partial charge in [-0.25, -0.2) is 0 Å². The summed E-state index contributed by atoms with van der Waals surface area (Å²) in [4.78, 5) is 2.63. The van der Waals surface area contributed by atoms with Gasteiger partial charge in [0.25, 0.3) is 0 Å². The molecule has 1 N–H and O–H groups in total. The van der Waals surface area contributed by atoms with Gasteiger partial charge in [0, 0.05) is 19.1 Å². The predicted molar refractivity (Wildman–Crippen MR) is 73.3 cm³/mol. The summed E-state index contributed by atoms with van der Waals surface area (Å²) in [5, 5.41) is 8.15. The Hall–Kier alpha value is -0.380. The minimum atomic E-state index is 0.863. The molecule has 3 rings (SSSR count). The molecule has 1 aliphatic carbocycles. The molecule has 2 heterocycles. The number of rotatable bonds is 5. The van der Waals surface area contributed by atoms with E-state index in [1.54, 1.807) is 0 Å². The molecule has 3 heteroatoms. The van der Waals surface area contributed by atoms with Crippen LogP contribution in [0.5, 0.6) is 0 Å². The van der Waals surface area contributed by atoms with Crippen LogP contribution >= 0.6 is 11.3 Å². The van der Waals surface area contributed by atoms with Crippen LogP contribution in [0.4, 0.5) is 0 Å². The van der Waals surface area contributed by atoms with Crippen LogP contribution in [-0.4, -0.2) is 30.6 Å². The molecule has 0 bridgehead atoms. The highest BCUT2D eigenvalue weighted by atomic mass is 32.1. The van der Waals surface area contributed by atoms with Gasteiger partial charge in [-0.3, -0.25) is 4.90 Å². The molecule has 0 radical (unpaired) electrons. The Morgan fingerprint density at radius 3 is 3.06 bits per heavy atom. The molecule has 2 nitrogen and oxygen atoms in total. The molecule has 0 amide bonds. The summed E-state index contributed by atoms with van der Waals surface area (Å²) in [6.07, 6.45) is 5.61. The first-order valence-corrected chi connectivity index (χ1v) is 7.81. The normalized spacial score (nSPS) is 26.2. The minimum Gasteiger partial charge on any atom is -0.314 e. The van der Waals surface area contributed by atoms with Crippen LogP contribution in [0.15, 0.2) is 16.8 Å². The SMILES string of the molecule is c1cc(CN2CCCC(CNC3CC3)C2)cs1. The van der Waals surface area contributed by atoms with Crippen molar-refractivity contribution in [3.63, 3.8) is 0 Å². The van der Waals surface area contributed by atoms with Gasteiger partial charge in [-0.1, -0.05) is 0 Å². The van der Waals surface area contributed by atoms with Crippen molar-refractivity contribution in [3.05, 3.63) is 22.4 Å². The van der Waals surface area contributed by atoms with E-state index in [2.05, 4.69) is 27.0 Å². The smallest absolute Gasteiger partial charge is 0.0242 e. The van der Waals surface area contributed by atoms with E-state index in [4.69, 9.17) is 0 Å². The molecule has 94 valence electrons. The first-order chi connectivity index (χ1) is 8.40. The van der Waals surface area contributed by atoms with Gasteiger partial charge < -0.3 is 5.32 Å². The van der Waals surface area contributed by atoms with Crippen molar-refractivity contribution in [2.75, 3.05) is 19.6 Å². The average Bonchev–Trinajstić information content (AvgIpc) is 3.05. The molecule has 1 unspecified atom stereocenters. The number of hydrogen-bond donors (Lipinski definition) is 1. The number of thiophene rings is 1. The number of likely N-dealkylation sites (tertiary alicyclic amines) is 1. The molecular weight excluding hydrogens is 228 g/mol. The fraction of sp³-hybridized carbons (Fsp3) is 0.714. The Morgan fingerprint density at radius 1 is 1.35 bits per heavy atom. The van der Waals surface area contributed by atoms with Crippen molar-refractivity contribution < 1.29 is 0 Å². The third-order valence-corrected chi connectivity index (χ3v) is 4.59. The molecule has 2 fully saturated rings. The van der Waals surface area contributed by atoms with Gasteiger partial charge in [-0.05, 0) is 67.1 Å². The fourth-order valence-corrected chi connectivity index (χ4v) is 3.38. The lowest BCUT2D eigenvalue weighted by Crippen LogP contribution is -2.39. The molecule has 1 saturated heterocycles. The van der Waals surface area contributed by atoms with E-state index in [1.807, 2.05) is 11.3 Å². The van der Waals surface area contributed by atoms with Crippen LogP contribution in [0.25, 0.3) is 0 Å². The van der Waals surface area contributed by atoms with Crippen LogP contribution in [0.2, 0.25) is 0 Å². The third kappa shape index (κ3) is 3.54. The van der Waals surface area contributed by atoms with Crippen molar-refractivity contribution in [1.82, 2.24) is 10.2 Å². The zero-order valence-electron chi connectivity index (χ0n) is 10.4. The largest absolute Gasteiger partial charge is 0.314 e. The highest BCUT2D eigenvalue weighted by Gasteiger charge is 2.24. The maximum Gasteiger partial charge on any atom is 0.0242 e. The summed E-state index contributed by atoms with van der Waals surface area (Å²) < 4.78 is 0. The zero-order chi connectivity index (χ0) is 11.5. The monoisotopic (exact) mass is 250 g/mol. The van der Waals surface area contributed by atoms with Crippen molar-refractivity contribution in [3.8, 4) is 0 Å². The van der Waals surface area contributed by atoms with Gasteiger partial charge in [0.2, 0.25) is 0 Å². The van der Waals surface area contributed by atoms with Gasteiger partial charge in [0.15, 0.2) is 0 Å². The first-order valence-electron chi connectivity index (χ1n) is 6.87. The van der Waals surface area contributed by atoms with Crippen LogP contribution < -0.4 is 5.32 Å². The molecule has 17 heavy (non-hydrogen) atoms. The molecule has 0 aromatic carbocycles. The first kappa shape index (κ1) is 11.7. The van der Waals surface area contributed by atoms with Crippen molar-refractivity contribution in [1.29, 1.82) is 0 Å². The number of nitrogens with zero attached hydrogens (tertiary/aromatic N) is 1. The van der Waals surface area contributed by atoms with E-state index in [-0.39, 0.29) is 0 Å². The lowest BCUT2D eigenvalue weighted by molar-refractivity contribution is 0.165. The predicted octanol–water partition coefficient (Wildman–Crippen LogP) is 2.71. The third-order valence-electron chi connectivity index (χ3n) is 3.86. The van der Waals surface area contributed by atoms with E-state index < -0.39 is 0 Å². The Kier molecular flexibility index (Phi) is 3.79. The lowest BCUT2D eigenvalue weighted by atomic mass is 9.97. The summed E-state index contributed by atoms with van der Waals surface area (Å²) in [6.45, 7) is 4.97. The summed E-state index contributed by atoms with van der Waals surface area (Å²) >= 11 is 1.81. The zero-order valence-corrected chi connectivity index (χ0v) is 11.2. The van der Waals surface area contributed by atoms with E-state index in [9.17, 15) is 0 Å². The Bertz CT molecular complexity index is 332. The highest BCUT2D eigenvalue weighted by Crippen LogP contribution is 2.22. The summed E-state index contributed by atoms with van der Waals surface area (Å²) in [7, 11) is 0. The van der Waals surface area contributed by atoms with Gasteiger partial charge in [0.05, 0.1) is 0 Å². The van der Waals surface area contributed by atoms with Crippen LogP contribution in [0.3, 0.4) is 0 Å². The number of hydrogen-bond acceptors (Lipinski definition) is 3. The van der Waals surface area contributed by atoms with E-state index >= 15 is 0 Å². The number of nitrogens with one attached hydrogen (secondary N) is 1. The Labute approximate surface area is 108 Å². The second-order valence-electron chi connectivity index (χ2n) is 5.56. The standard InChI is InChI=1S/C14H22N2S/c1-2-12(8-15-14-3-4-14)9-16(6-1)10-13-5-7-17-11-13/h5,7,11-12,14-15H,1-4,6,8-10H2. The summed E-state index contributed by atoms with van der Waals surface area (Å²) in [5.74, 6) is 0.878. The Balaban J connectivity index is 1.45. The van der Waals surface area contributed by atoms with Gasteiger partial charge in [-0.15, -0.1) is 0 Å². The molecule has 0 spiro atoms. The van der Waals surface area contributed by atoms with Crippen molar-refractivity contribution in [2.24, 2.45) is 5.92 Å². The molecular formula is C14H22N2S. The van der Waals surface area contributed by atoms with Crippen molar-refractivity contribution in [2.45, 2.75) is 38.3 Å². The van der Waals surface area contributed by atoms with Crippen LogP contribution in [-0.2, 0) is 6.54 Å². The average molecular weight is 250 g/mol. The van der Waals surface area contributed by atoms with E-state index in [1.165, 1.54) is 50.9 Å². The topological polar surface area (TPSA) is 15.3 Å². The molecule has 1 aromatic heterocycles. The maximum atomic E-state index is 3.68. The van der Waals surface area contributed by atoms with E-state index in [0.717, 1.165) is 18.5 Å². The Morgan fingerprint density at radius 2 is 2.29 bits per heavy atom. The van der Waals surface area contributed by atoms with Gasteiger partial charge in [-0.2, -0.15) is 11.3 Å². The quantitative estimate of drug-likeness (QED) is 0.864. The van der Waals surface area contributed by atoms with Gasteiger partial charge in [0.1, 0.15) is 0 Å². The van der Waals surface area contributed by atoms with Crippen LogP contribution in [0.1, 0.15) is 31.2 Å². The number of piperidine rings is 1. The molecule has 1 atom stereocenters. The second kappa shape index (κ2) is 5.51. The fourth-order valence-electron chi connectivity index (χ4n) is 2.72. The molecule has 1 aromatic rings. The lowest BCUT2D eigenvalue weighted by Gasteiger charge is -2.32. The maximum absolute atomic E-state index is 3.68. The molecule has 2 aliphatic rings. The van der Waals surface area contributed by atoms with E-state index in [0.29, 0.717) is 0 Å². The van der Waals surface area contributed by atoms with Gasteiger partial charge >= 0.3 is 0 Å². The highest BCUT2D eigenvalue weighted by molar-refractivity contribution is 7.07. The molecule has 1 aliphatic heterocycles. The summed E-state index contributed by atoms with van der Waals surface area (Å²) in [5.41, 5.74) is 1.49. The minimum absolute atomic E-state index is 0.863.